The van der Waals surface area contributed by atoms with Crippen LogP contribution in [0, 0.1) is 11.3 Å². The fourth-order valence-electron chi connectivity index (χ4n) is 0. The minimum Gasteiger partial charge on any atom is -0.282 e. The Morgan fingerprint density at radius 2 is 1.86 bits per heavy atom. The highest BCUT2D eigenvalue weighted by Crippen LogP contribution is 1.67. The summed E-state index contributed by atoms with van der Waals surface area (Å²) in [7, 11) is 0. The highest BCUT2D eigenvalue weighted by atomic mass is 35.5. The molecule has 0 radical (unpaired) electrons. The third kappa shape index (κ3) is 214. The molecule has 0 N–H and O–H groups in total. The van der Waals surface area contributed by atoms with Crippen molar-refractivity contribution in [2.24, 2.45) is 0 Å². The molecule has 0 spiro atoms. The van der Waals surface area contributed by atoms with Crippen LogP contribution in [0.5, 0.6) is 0 Å². The summed E-state index contributed by atoms with van der Waals surface area (Å²) in [4.78, 5) is 9.21. The number of carbonyl (C=O) groups excluding carboxylic acids is 1. The molecule has 0 aliphatic carbocycles. The fraction of sp³-hybridized carbons (Fsp3) is 0.500. The topological polar surface area (TPSA) is 40.9 Å². The molecule has 0 aromatic carbocycles. The average Bonchev–Trinajstić information content (AvgIpc) is 1.33. The van der Waals surface area contributed by atoms with Crippen molar-refractivity contribution < 1.29 is 4.79 Å². The summed E-state index contributed by atoms with van der Waals surface area (Å²) in [6.45, 7) is 2.72. The molecule has 40 valence electrons. The Balaban J connectivity index is 0. The molecular weight excluding hydrogens is 114 g/mol. The molecule has 0 aromatic heterocycles. The Kier molecular flexibility index (Phi) is 12.5. The van der Waals surface area contributed by atoms with Gasteiger partial charge in [-0.1, -0.05) is 0 Å². The predicted molar refractivity (Wildman–Crippen MR) is 27.8 cm³/mol. The summed E-state index contributed by atoms with van der Waals surface area (Å²) >= 11 is 4.64. The van der Waals surface area contributed by atoms with E-state index >= 15 is 0 Å². The summed E-state index contributed by atoms with van der Waals surface area (Å²) in [6.07, 6.45) is 0. The Labute approximate surface area is 47.7 Å². The van der Waals surface area contributed by atoms with Gasteiger partial charge in [-0.3, -0.25) is 4.79 Å². The molecule has 0 rings (SSSR count). The number of nitriles is 1. The molecule has 0 unspecified atom stereocenters. The molecular formula is C4H6ClNO. The molecule has 0 atom stereocenters. The monoisotopic (exact) mass is 119 g/mol. The molecule has 0 saturated carbocycles. The van der Waals surface area contributed by atoms with E-state index in [1.165, 1.54) is 13.8 Å². The van der Waals surface area contributed by atoms with Crippen LogP contribution in [0.4, 0.5) is 0 Å². The molecule has 7 heavy (non-hydrogen) atoms. The lowest BCUT2D eigenvalue weighted by atomic mass is 10.9. The van der Waals surface area contributed by atoms with Crippen LogP contribution in [-0.4, -0.2) is 5.24 Å². The van der Waals surface area contributed by atoms with Gasteiger partial charge < -0.3 is 0 Å². The molecule has 0 aliphatic heterocycles. The Bertz CT molecular complexity index is 80.2. The summed E-state index contributed by atoms with van der Waals surface area (Å²) in [5.74, 6) is 0. The smallest absolute Gasteiger partial charge is 0.218 e. The maximum Gasteiger partial charge on any atom is 0.218 e. The summed E-state index contributed by atoms with van der Waals surface area (Å²) in [5.41, 5.74) is 0. The zero-order chi connectivity index (χ0) is 6.28. The first-order chi connectivity index (χ1) is 3.15. The SMILES string of the molecule is CC#N.CC(=O)Cl. The zero-order valence-electron chi connectivity index (χ0n) is 4.23. The van der Waals surface area contributed by atoms with Crippen LogP contribution in [0.3, 0.4) is 0 Å². The zero-order valence-corrected chi connectivity index (χ0v) is 4.99. The summed E-state index contributed by atoms with van der Waals surface area (Å²) < 4.78 is 0. The lowest BCUT2D eigenvalue weighted by molar-refractivity contribution is -0.109. The molecule has 0 heterocycles. The van der Waals surface area contributed by atoms with E-state index < -0.39 is 0 Å². The second kappa shape index (κ2) is 9.07. The highest BCUT2D eigenvalue weighted by molar-refractivity contribution is 6.62. The number of rotatable bonds is 0. The van der Waals surface area contributed by atoms with Gasteiger partial charge >= 0.3 is 0 Å². The second-order valence-corrected chi connectivity index (χ2v) is 1.23. The van der Waals surface area contributed by atoms with Crippen molar-refractivity contribution >= 4 is 16.8 Å². The minimum atomic E-state index is -0.361. The van der Waals surface area contributed by atoms with Gasteiger partial charge in [0.25, 0.3) is 0 Å². The van der Waals surface area contributed by atoms with Gasteiger partial charge in [-0.25, -0.2) is 0 Å². The normalized spacial score (nSPS) is 4.86. The van der Waals surface area contributed by atoms with Gasteiger partial charge in [0, 0.05) is 13.8 Å². The molecule has 0 saturated heterocycles. The first-order valence-corrected chi connectivity index (χ1v) is 1.99. The van der Waals surface area contributed by atoms with Gasteiger partial charge in [0.15, 0.2) is 0 Å². The molecule has 0 amide bonds. The fourth-order valence-corrected chi connectivity index (χ4v) is 0. The first-order valence-electron chi connectivity index (χ1n) is 1.62. The highest BCUT2D eigenvalue weighted by Gasteiger charge is 1.67. The third-order valence-electron chi connectivity index (χ3n) is 0. The van der Waals surface area contributed by atoms with Crippen LogP contribution >= 0.6 is 11.6 Å². The summed E-state index contributed by atoms with van der Waals surface area (Å²) in [6, 6.07) is 1.75. The lowest BCUT2D eigenvalue weighted by Crippen LogP contribution is -1.62. The molecule has 0 aliphatic rings. The van der Waals surface area contributed by atoms with Crippen molar-refractivity contribution in [3.05, 3.63) is 0 Å². The van der Waals surface area contributed by atoms with E-state index in [-0.39, 0.29) is 5.24 Å². The standard InChI is InChI=1S/C2H3ClO.C2H3N/c1-2(3)4;1-2-3/h1H3;1H3. The molecule has 2 nitrogen and oxygen atoms in total. The maximum atomic E-state index is 9.21. The third-order valence-corrected chi connectivity index (χ3v) is 0. The van der Waals surface area contributed by atoms with Crippen molar-refractivity contribution in [1.82, 2.24) is 0 Å². The first kappa shape index (κ1) is 9.67. The van der Waals surface area contributed by atoms with E-state index in [2.05, 4.69) is 11.6 Å². The van der Waals surface area contributed by atoms with E-state index in [0.717, 1.165) is 0 Å². The quantitative estimate of drug-likeness (QED) is 0.451. The van der Waals surface area contributed by atoms with Crippen molar-refractivity contribution in [3.63, 3.8) is 0 Å². The van der Waals surface area contributed by atoms with Crippen molar-refractivity contribution in [1.29, 1.82) is 5.26 Å². The maximum absolute atomic E-state index is 9.21. The van der Waals surface area contributed by atoms with Crippen LogP contribution in [-0.2, 0) is 4.79 Å². The van der Waals surface area contributed by atoms with Crippen LogP contribution in [0.2, 0.25) is 0 Å². The number of hydrogen-bond donors (Lipinski definition) is 0. The summed E-state index contributed by atoms with van der Waals surface area (Å²) in [5, 5.41) is 6.96. The van der Waals surface area contributed by atoms with E-state index in [4.69, 9.17) is 5.26 Å². The van der Waals surface area contributed by atoms with Gasteiger partial charge in [-0.2, -0.15) is 5.26 Å². The predicted octanol–water partition coefficient (Wildman–Crippen LogP) is 1.30. The Hall–Kier alpha value is -0.550. The van der Waals surface area contributed by atoms with Crippen LogP contribution in [0.15, 0.2) is 0 Å². The number of halogens is 1. The number of hydrogen-bond acceptors (Lipinski definition) is 2. The van der Waals surface area contributed by atoms with Crippen LogP contribution < -0.4 is 0 Å². The Morgan fingerprint density at radius 3 is 1.86 bits per heavy atom. The number of nitrogens with zero attached hydrogens (tertiary/aromatic N) is 1. The van der Waals surface area contributed by atoms with E-state index in [1.54, 1.807) is 6.07 Å². The van der Waals surface area contributed by atoms with Gasteiger partial charge in [0.05, 0.1) is 6.07 Å². The van der Waals surface area contributed by atoms with E-state index in [1.807, 2.05) is 0 Å². The van der Waals surface area contributed by atoms with Crippen molar-refractivity contribution in [2.45, 2.75) is 13.8 Å². The van der Waals surface area contributed by atoms with Gasteiger partial charge in [-0.15, -0.1) is 0 Å². The molecule has 0 aromatic rings. The van der Waals surface area contributed by atoms with Gasteiger partial charge in [0.2, 0.25) is 5.24 Å². The second-order valence-electron chi connectivity index (χ2n) is 0.694. The minimum absolute atomic E-state index is 0.361. The average molecular weight is 120 g/mol. The molecule has 0 fully saturated rings. The van der Waals surface area contributed by atoms with Crippen LogP contribution in [0.1, 0.15) is 13.8 Å². The largest absolute Gasteiger partial charge is 0.282 e. The number of carbonyl (C=O) groups is 1. The van der Waals surface area contributed by atoms with Crippen LogP contribution in [0.25, 0.3) is 0 Å². The van der Waals surface area contributed by atoms with E-state index in [9.17, 15) is 4.79 Å². The van der Waals surface area contributed by atoms with Crippen molar-refractivity contribution in [3.8, 4) is 6.07 Å². The van der Waals surface area contributed by atoms with Gasteiger partial charge in [-0.05, 0) is 11.6 Å². The van der Waals surface area contributed by atoms with E-state index in [0.29, 0.717) is 0 Å². The van der Waals surface area contributed by atoms with Crippen molar-refractivity contribution in [2.75, 3.05) is 0 Å². The molecule has 0 bridgehead atoms. The Morgan fingerprint density at radius 1 is 1.86 bits per heavy atom. The lowest BCUT2D eigenvalue weighted by Gasteiger charge is -1.52. The molecule has 3 heteroatoms. The van der Waals surface area contributed by atoms with Gasteiger partial charge in [0.1, 0.15) is 0 Å².